The summed E-state index contributed by atoms with van der Waals surface area (Å²) in [5, 5.41) is 4.89. The minimum Gasteiger partial charge on any atom is -0.467 e. The molecule has 8 nitrogen and oxygen atoms in total. The lowest BCUT2D eigenvalue weighted by Gasteiger charge is -2.21. The van der Waals surface area contributed by atoms with Crippen molar-refractivity contribution < 1.29 is 28.7 Å². The first-order chi connectivity index (χ1) is 12.4. The number of carbonyl (C=O) groups is 4. The Bertz CT molecular complexity index is 632. The molecule has 0 bridgehead atoms. The number of hydrogen-bond acceptors (Lipinski definition) is 6. The van der Waals surface area contributed by atoms with Gasteiger partial charge in [0.15, 0.2) is 6.61 Å². The van der Waals surface area contributed by atoms with E-state index in [1.807, 2.05) is 6.92 Å². The fraction of sp³-hybridized carbons (Fsp3) is 0.444. The van der Waals surface area contributed by atoms with Crippen LogP contribution in [0, 0.1) is 5.92 Å². The van der Waals surface area contributed by atoms with E-state index in [1.165, 1.54) is 7.11 Å². The Labute approximate surface area is 152 Å². The van der Waals surface area contributed by atoms with Crippen molar-refractivity contribution >= 4 is 23.8 Å². The molecule has 142 valence electrons. The molecule has 0 aliphatic heterocycles. The summed E-state index contributed by atoms with van der Waals surface area (Å²) in [4.78, 5) is 47.0. The number of rotatable bonds is 9. The molecule has 2 N–H and O–H groups in total. The molecule has 1 aromatic rings. The lowest BCUT2D eigenvalue weighted by Crippen LogP contribution is -2.47. The van der Waals surface area contributed by atoms with Gasteiger partial charge in [0.2, 0.25) is 0 Å². The van der Waals surface area contributed by atoms with E-state index >= 15 is 0 Å². The van der Waals surface area contributed by atoms with Gasteiger partial charge < -0.3 is 20.1 Å². The lowest BCUT2D eigenvalue weighted by molar-refractivity contribution is -0.150. The molecule has 1 rings (SSSR count). The van der Waals surface area contributed by atoms with Crippen LogP contribution in [0.15, 0.2) is 30.3 Å². The van der Waals surface area contributed by atoms with E-state index in [2.05, 4.69) is 15.4 Å². The zero-order chi connectivity index (χ0) is 19.5. The van der Waals surface area contributed by atoms with E-state index in [0.717, 1.165) is 0 Å². The second-order valence-corrected chi connectivity index (χ2v) is 5.66. The van der Waals surface area contributed by atoms with E-state index in [-0.39, 0.29) is 12.5 Å². The molecule has 0 radical (unpaired) electrons. The van der Waals surface area contributed by atoms with E-state index in [9.17, 15) is 19.2 Å². The van der Waals surface area contributed by atoms with Crippen molar-refractivity contribution in [3.63, 3.8) is 0 Å². The largest absolute Gasteiger partial charge is 0.467 e. The van der Waals surface area contributed by atoms with Crippen molar-refractivity contribution in [3.8, 4) is 0 Å². The topological polar surface area (TPSA) is 111 Å². The first-order valence-electron chi connectivity index (χ1n) is 8.25. The Hall–Kier alpha value is -2.90. The molecule has 0 heterocycles. The van der Waals surface area contributed by atoms with Crippen LogP contribution in [0.1, 0.15) is 30.6 Å². The molecule has 2 amide bonds. The fourth-order valence-corrected chi connectivity index (χ4v) is 2.05. The number of methoxy groups -OCH3 is 1. The number of carbonyl (C=O) groups excluding carboxylic acids is 4. The fourth-order valence-electron chi connectivity index (χ4n) is 2.05. The predicted molar refractivity (Wildman–Crippen MR) is 93.1 cm³/mol. The summed E-state index contributed by atoms with van der Waals surface area (Å²) in [6, 6.07) is 7.57. The SMILES string of the molecule is CC[C@@H](C)[C@@H](NC(=O)COC(=O)CNC(=O)c1ccccc1)C(=O)OC. The maximum atomic E-state index is 11.9. The summed E-state index contributed by atoms with van der Waals surface area (Å²) >= 11 is 0. The number of esters is 2. The van der Waals surface area contributed by atoms with E-state index in [4.69, 9.17) is 4.74 Å². The molecule has 1 aromatic carbocycles. The van der Waals surface area contributed by atoms with Gasteiger partial charge in [-0.25, -0.2) is 4.79 Å². The van der Waals surface area contributed by atoms with Crippen molar-refractivity contribution in [1.29, 1.82) is 0 Å². The van der Waals surface area contributed by atoms with Crippen LogP contribution in [0.2, 0.25) is 0 Å². The van der Waals surface area contributed by atoms with E-state index in [0.29, 0.717) is 12.0 Å². The number of hydrogen-bond donors (Lipinski definition) is 2. The molecule has 0 aromatic heterocycles. The monoisotopic (exact) mass is 364 g/mol. The minimum absolute atomic E-state index is 0.132. The van der Waals surface area contributed by atoms with Gasteiger partial charge in [-0.2, -0.15) is 0 Å². The molecule has 0 spiro atoms. The van der Waals surface area contributed by atoms with Crippen LogP contribution in [0.25, 0.3) is 0 Å². The summed E-state index contributed by atoms with van der Waals surface area (Å²) < 4.78 is 9.46. The first-order valence-corrected chi connectivity index (χ1v) is 8.25. The zero-order valence-electron chi connectivity index (χ0n) is 15.1. The quantitative estimate of drug-likeness (QED) is 0.623. The average molecular weight is 364 g/mol. The Morgan fingerprint density at radius 2 is 1.77 bits per heavy atom. The molecule has 8 heteroatoms. The highest BCUT2D eigenvalue weighted by atomic mass is 16.5. The Morgan fingerprint density at radius 3 is 2.35 bits per heavy atom. The highest BCUT2D eigenvalue weighted by molar-refractivity contribution is 5.96. The second-order valence-electron chi connectivity index (χ2n) is 5.66. The van der Waals surface area contributed by atoms with Crippen molar-refractivity contribution in [2.45, 2.75) is 26.3 Å². The van der Waals surface area contributed by atoms with Gasteiger partial charge in [0, 0.05) is 5.56 Å². The molecule has 2 atom stereocenters. The molecular weight excluding hydrogens is 340 g/mol. The molecule has 0 unspecified atom stereocenters. The summed E-state index contributed by atoms with van der Waals surface area (Å²) in [5.41, 5.74) is 0.410. The van der Waals surface area contributed by atoms with Gasteiger partial charge in [-0.1, -0.05) is 38.5 Å². The maximum absolute atomic E-state index is 11.9. The Balaban J connectivity index is 2.40. The van der Waals surface area contributed by atoms with Crippen LogP contribution in [-0.4, -0.2) is 50.1 Å². The highest BCUT2D eigenvalue weighted by Crippen LogP contribution is 2.09. The van der Waals surface area contributed by atoms with Crippen LogP contribution < -0.4 is 10.6 Å². The van der Waals surface area contributed by atoms with Gasteiger partial charge in [0.1, 0.15) is 12.6 Å². The normalized spacial score (nSPS) is 12.4. The van der Waals surface area contributed by atoms with Gasteiger partial charge in [-0.3, -0.25) is 14.4 Å². The smallest absolute Gasteiger partial charge is 0.328 e. The lowest BCUT2D eigenvalue weighted by atomic mass is 9.99. The zero-order valence-corrected chi connectivity index (χ0v) is 15.1. The molecule has 0 saturated carbocycles. The Kier molecular flexibility index (Phi) is 8.83. The van der Waals surface area contributed by atoms with Gasteiger partial charge in [0.05, 0.1) is 7.11 Å². The maximum Gasteiger partial charge on any atom is 0.328 e. The molecular formula is C18H24N2O6. The van der Waals surface area contributed by atoms with Gasteiger partial charge >= 0.3 is 11.9 Å². The van der Waals surface area contributed by atoms with Crippen LogP contribution in [0.3, 0.4) is 0 Å². The second kappa shape index (κ2) is 10.9. The van der Waals surface area contributed by atoms with Crippen molar-refractivity contribution in [2.24, 2.45) is 5.92 Å². The van der Waals surface area contributed by atoms with Gasteiger partial charge in [-0.05, 0) is 18.1 Å². The molecule has 26 heavy (non-hydrogen) atoms. The molecule has 0 fully saturated rings. The summed E-state index contributed by atoms with van der Waals surface area (Å²) in [6.45, 7) is 2.76. The van der Waals surface area contributed by atoms with Crippen LogP contribution in [0.5, 0.6) is 0 Å². The average Bonchev–Trinajstić information content (AvgIpc) is 2.67. The third-order valence-corrected chi connectivity index (χ3v) is 3.78. The van der Waals surface area contributed by atoms with E-state index in [1.54, 1.807) is 37.3 Å². The van der Waals surface area contributed by atoms with Crippen LogP contribution in [-0.2, 0) is 23.9 Å². The van der Waals surface area contributed by atoms with Crippen molar-refractivity contribution in [2.75, 3.05) is 20.3 Å². The number of nitrogens with one attached hydrogen (secondary N) is 2. The van der Waals surface area contributed by atoms with Gasteiger partial charge in [-0.15, -0.1) is 0 Å². The number of amides is 2. The molecule has 0 aliphatic carbocycles. The third kappa shape index (κ3) is 6.92. The standard InChI is InChI=1S/C18H24N2O6/c1-4-12(2)16(18(24)25-3)20-14(21)11-26-15(22)10-19-17(23)13-8-6-5-7-9-13/h5-9,12,16H,4,10-11H2,1-3H3,(H,19,23)(H,20,21)/t12-,16-/m1/s1. The minimum atomic E-state index is -0.811. The summed E-state index contributed by atoms with van der Waals surface area (Å²) in [5.74, 6) is -2.50. The van der Waals surface area contributed by atoms with E-state index < -0.39 is 36.4 Å². The summed E-state index contributed by atoms with van der Waals surface area (Å²) in [7, 11) is 1.24. The van der Waals surface area contributed by atoms with Gasteiger partial charge in [0.25, 0.3) is 11.8 Å². The number of ether oxygens (including phenoxy) is 2. The Morgan fingerprint density at radius 1 is 1.12 bits per heavy atom. The highest BCUT2D eigenvalue weighted by Gasteiger charge is 2.26. The summed E-state index contributed by atoms with van der Waals surface area (Å²) in [6.07, 6.45) is 0.658. The first kappa shape index (κ1) is 21.1. The van der Waals surface area contributed by atoms with Crippen molar-refractivity contribution in [3.05, 3.63) is 35.9 Å². The van der Waals surface area contributed by atoms with Crippen LogP contribution in [0.4, 0.5) is 0 Å². The van der Waals surface area contributed by atoms with Crippen molar-refractivity contribution in [1.82, 2.24) is 10.6 Å². The molecule has 0 aliphatic rings. The molecule has 0 saturated heterocycles. The number of benzene rings is 1. The third-order valence-electron chi connectivity index (χ3n) is 3.78. The van der Waals surface area contributed by atoms with Crippen LogP contribution >= 0.6 is 0 Å². The predicted octanol–water partition coefficient (Wildman–Crippen LogP) is 0.664.